The Bertz CT molecular complexity index is 918. The zero-order valence-corrected chi connectivity index (χ0v) is 17.1. The molecule has 1 saturated heterocycles. The van der Waals surface area contributed by atoms with Gasteiger partial charge < -0.3 is 15.2 Å². The number of nitrogens with two attached hydrogens (primary N) is 1. The summed E-state index contributed by atoms with van der Waals surface area (Å²) in [6, 6.07) is 8.72. The minimum Gasteiger partial charge on any atom is -0.345 e. The summed E-state index contributed by atoms with van der Waals surface area (Å²) < 4.78 is 3.57. The summed E-state index contributed by atoms with van der Waals surface area (Å²) in [5.74, 6) is 2.71. The fourth-order valence-electron chi connectivity index (χ4n) is 4.28. The molecule has 28 heavy (non-hydrogen) atoms. The number of anilines is 1. The van der Waals surface area contributed by atoms with Crippen LogP contribution in [-0.4, -0.2) is 56.9 Å². The Kier molecular flexibility index (Phi) is 4.78. The third-order valence-corrected chi connectivity index (χ3v) is 7.10. The number of hydrogen-bond donors (Lipinski definition) is 1. The van der Waals surface area contributed by atoms with Crippen LogP contribution < -0.4 is 10.6 Å². The number of thiazole rings is 1. The SMILES string of the molecule is CCn1c(CN2CCN(c3nc4ccccc4s3)CC2)nnc1C1CC(N)C1. The van der Waals surface area contributed by atoms with E-state index in [1.54, 1.807) is 11.3 Å². The molecule has 3 aromatic rings. The van der Waals surface area contributed by atoms with Gasteiger partial charge in [0.2, 0.25) is 0 Å². The summed E-state index contributed by atoms with van der Waals surface area (Å²) in [6.07, 6.45) is 2.08. The van der Waals surface area contributed by atoms with Crippen LogP contribution in [0, 0.1) is 0 Å². The average molecular weight is 398 g/mol. The van der Waals surface area contributed by atoms with Gasteiger partial charge in [0.05, 0.1) is 16.8 Å². The second-order valence-corrected chi connectivity index (χ2v) is 8.88. The van der Waals surface area contributed by atoms with Crippen LogP contribution in [0.25, 0.3) is 10.2 Å². The summed E-state index contributed by atoms with van der Waals surface area (Å²) in [7, 11) is 0. The predicted molar refractivity (Wildman–Crippen MR) is 113 cm³/mol. The third kappa shape index (κ3) is 3.29. The normalized spacial score (nSPS) is 23.3. The quantitative estimate of drug-likeness (QED) is 0.713. The lowest BCUT2D eigenvalue weighted by atomic mass is 9.80. The van der Waals surface area contributed by atoms with Gasteiger partial charge in [0.25, 0.3) is 0 Å². The number of fused-ring (bicyclic) bond motifs is 1. The number of nitrogens with zero attached hydrogens (tertiary/aromatic N) is 6. The molecule has 2 aromatic heterocycles. The van der Waals surface area contributed by atoms with E-state index in [2.05, 4.69) is 55.8 Å². The van der Waals surface area contributed by atoms with Crippen molar-refractivity contribution >= 4 is 26.7 Å². The van der Waals surface area contributed by atoms with Gasteiger partial charge in [-0.1, -0.05) is 23.5 Å². The van der Waals surface area contributed by atoms with Crippen molar-refractivity contribution in [3.8, 4) is 0 Å². The standard InChI is InChI=1S/C20H27N7S/c1-2-27-18(23-24-19(27)14-11-15(21)12-14)13-25-7-9-26(10-8-25)20-22-16-5-3-4-6-17(16)28-20/h3-6,14-15H,2,7-13,21H2,1H3. The summed E-state index contributed by atoms with van der Waals surface area (Å²) >= 11 is 1.79. The highest BCUT2D eigenvalue weighted by Crippen LogP contribution is 2.35. The maximum Gasteiger partial charge on any atom is 0.186 e. The van der Waals surface area contributed by atoms with E-state index in [1.165, 1.54) is 4.70 Å². The van der Waals surface area contributed by atoms with E-state index in [-0.39, 0.29) is 0 Å². The first-order valence-corrected chi connectivity index (χ1v) is 11.0. The van der Waals surface area contributed by atoms with E-state index in [4.69, 9.17) is 10.7 Å². The first-order valence-electron chi connectivity index (χ1n) is 10.2. The highest BCUT2D eigenvalue weighted by Gasteiger charge is 2.32. The fraction of sp³-hybridized carbons (Fsp3) is 0.550. The highest BCUT2D eigenvalue weighted by molar-refractivity contribution is 7.22. The Balaban J connectivity index is 1.23. The van der Waals surface area contributed by atoms with Crippen molar-refractivity contribution in [2.24, 2.45) is 5.73 Å². The molecule has 148 valence electrons. The predicted octanol–water partition coefficient (Wildman–Crippen LogP) is 2.43. The maximum atomic E-state index is 5.96. The summed E-state index contributed by atoms with van der Waals surface area (Å²) in [6.45, 7) is 8.03. The molecule has 0 spiro atoms. The first-order chi connectivity index (χ1) is 13.7. The van der Waals surface area contributed by atoms with E-state index in [0.717, 1.165) is 74.4 Å². The van der Waals surface area contributed by atoms with Crippen molar-refractivity contribution in [3.05, 3.63) is 35.9 Å². The average Bonchev–Trinajstić information content (AvgIpc) is 3.29. The van der Waals surface area contributed by atoms with Crippen molar-refractivity contribution in [1.82, 2.24) is 24.6 Å². The second kappa shape index (κ2) is 7.42. The van der Waals surface area contributed by atoms with Crippen molar-refractivity contribution in [1.29, 1.82) is 0 Å². The molecule has 3 heterocycles. The molecule has 1 aliphatic heterocycles. The zero-order chi connectivity index (χ0) is 19.1. The topological polar surface area (TPSA) is 76.1 Å². The maximum absolute atomic E-state index is 5.96. The Morgan fingerprint density at radius 1 is 1.11 bits per heavy atom. The molecular weight excluding hydrogens is 370 g/mol. The number of benzene rings is 1. The van der Waals surface area contributed by atoms with E-state index in [1.807, 2.05) is 0 Å². The summed E-state index contributed by atoms with van der Waals surface area (Å²) in [5, 5.41) is 10.2. The lowest BCUT2D eigenvalue weighted by Crippen LogP contribution is -2.46. The molecule has 0 atom stereocenters. The van der Waals surface area contributed by atoms with Crippen LogP contribution in [0.4, 0.5) is 5.13 Å². The molecule has 0 radical (unpaired) electrons. The van der Waals surface area contributed by atoms with Crippen LogP contribution in [0.5, 0.6) is 0 Å². The van der Waals surface area contributed by atoms with Crippen molar-refractivity contribution in [2.75, 3.05) is 31.1 Å². The van der Waals surface area contributed by atoms with Crippen LogP contribution in [0.3, 0.4) is 0 Å². The zero-order valence-electron chi connectivity index (χ0n) is 16.3. The van der Waals surface area contributed by atoms with Gasteiger partial charge >= 0.3 is 0 Å². The molecule has 1 saturated carbocycles. The molecule has 8 heteroatoms. The van der Waals surface area contributed by atoms with Gasteiger partial charge in [-0.25, -0.2) is 4.98 Å². The van der Waals surface area contributed by atoms with E-state index < -0.39 is 0 Å². The second-order valence-electron chi connectivity index (χ2n) is 7.87. The molecule has 2 N–H and O–H groups in total. The number of rotatable bonds is 5. The Morgan fingerprint density at radius 3 is 2.61 bits per heavy atom. The molecule has 0 bridgehead atoms. The molecular formula is C20H27N7S. The van der Waals surface area contributed by atoms with Crippen LogP contribution in [0.2, 0.25) is 0 Å². The van der Waals surface area contributed by atoms with Gasteiger partial charge in [0.1, 0.15) is 11.6 Å². The van der Waals surface area contributed by atoms with E-state index in [0.29, 0.717) is 12.0 Å². The summed E-state index contributed by atoms with van der Waals surface area (Å²) in [4.78, 5) is 9.70. The van der Waals surface area contributed by atoms with E-state index in [9.17, 15) is 0 Å². The highest BCUT2D eigenvalue weighted by atomic mass is 32.1. The van der Waals surface area contributed by atoms with Crippen LogP contribution in [0.1, 0.15) is 37.3 Å². The minimum atomic E-state index is 0.339. The van der Waals surface area contributed by atoms with E-state index >= 15 is 0 Å². The molecule has 1 aromatic carbocycles. The largest absolute Gasteiger partial charge is 0.345 e. The van der Waals surface area contributed by atoms with Gasteiger partial charge in [-0.05, 0) is 31.9 Å². The Hall–Kier alpha value is -2.03. The molecule has 1 aliphatic carbocycles. The van der Waals surface area contributed by atoms with Crippen LogP contribution in [0.15, 0.2) is 24.3 Å². The minimum absolute atomic E-state index is 0.339. The van der Waals surface area contributed by atoms with Crippen LogP contribution in [-0.2, 0) is 13.1 Å². The number of hydrogen-bond acceptors (Lipinski definition) is 7. The van der Waals surface area contributed by atoms with Gasteiger partial charge in [0.15, 0.2) is 5.13 Å². The van der Waals surface area contributed by atoms with Gasteiger partial charge in [-0.3, -0.25) is 4.90 Å². The molecule has 5 rings (SSSR count). The van der Waals surface area contributed by atoms with Gasteiger partial charge in [-0.15, -0.1) is 10.2 Å². The molecule has 0 unspecified atom stereocenters. The smallest absolute Gasteiger partial charge is 0.186 e. The summed E-state index contributed by atoms with van der Waals surface area (Å²) in [5.41, 5.74) is 7.07. The molecule has 2 aliphatic rings. The fourth-order valence-corrected chi connectivity index (χ4v) is 5.30. The lowest BCUT2D eigenvalue weighted by Gasteiger charge is -2.34. The van der Waals surface area contributed by atoms with Gasteiger partial charge in [0, 0.05) is 44.7 Å². The van der Waals surface area contributed by atoms with Gasteiger partial charge in [-0.2, -0.15) is 0 Å². The Labute approximate surface area is 169 Å². The van der Waals surface area contributed by atoms with Crippen LogP contribution >= 0.6 is 11.3 Å². The number of para-hydroxylation sites is 1. The van der Waals surface area contributed by atoms with Crippen molar-refractivity contribution in [3.63, 3.8) is 0 Å². The third-order valence-electron chi connectivity index (χ3n) is 6.00. The molecule has 7 nitrogen and oxygen atoms in total. The molecule has 2 fully saturated rings. The van der Waals surface area contributed by atoms with Crippen molar-refractivity contribution in [2.45, 2.75) is 44.8 Å². The number of aromatic nitrogens is 4. The van der Waals surface area contributed by atoms with Crippen molar-refractivity contribution < 1.29 is 0 Å². The monoisotopic (exact) mass is 397 g/mol. The number of piperazine rings is 1. The Morgan fingerprint density at radius 2 is 1.89 bits per heavy atom. The molecule has 0 amide bonds. The first kappa shape index (κ1) is 18.0. The lowest BCUT2D eigenvalue weighted by molar-refractivity contribution is 0.239.